The summed E-state index contributed by atoms with van der Waals surface area (Å²) >= 11 is 0. The third kappa shape index (κ3) is 4.14. The summed E-state index contributed by atoms with van der Waals surface area (Å²) in [6.07, 6.45) is 1.07. The number of non-ortho nitro benzene ring substituents is 1. The van der Waals surface area contributed by atoms with Crippen LogP contribution in [0, 0.1) is 16.0 Å². The van der Waals surface area contributed by atoms with Crippen LogP contribution in [0.15, 0.2) is 58.5 Å². The Kier molecular flexibility index (Phi) is 5.16. The van der Waals surface area contributed by atoms with Crippen LogP contribution in [-0.2, 0) is 19.4 Å². The molecule has 2 aromatic rings. The monoisotopic (exact) mass is 417 g/mol. The van der Waals surface area contributed by atoms with E-state index in [9.17, 15) is 28.1 Å². The first-order valence-corrected chi connectivity index (χ1v) is 10.1. The molecule has 0 radical (unpaired) electrons. The summed E-state index contributed by atoms with van der Waals surface area (Å²) in [5, 5.41) is 15.8. The third-order valence-corrected chi connectivity index (χ3v) is 5.27. The van der Waals surface area contributed by atoms with Gasteiger partial charge in [-0.3, -0.25) is 19.7 Å². The molecule has 0 saturated heterocycles. The first-order valence-electron chi connectivity index (χ1n) is 8.23. The fourth-order valence-electron chi connectivity index (χ4n) is 2.67. The van der Waals surface area contributed by atoms with E-state index in [1.165, 1.54) is 55.5 Å². The maximum atomic E-state index is 12.7. The molecule has 1 heterocycles. The molecule has 11 heteroatoms. The Morgan fingerprint density at radius 2 is 1.72 bits per heavy atom. The Balaban J connectivity index is 1.76. The molecule has 1 unspecified atom stereocenters. The van der Waals surface area contributed by atoms with Crippen molar-refractivity contribution in [2.24, 2.45) is 11.0 Å². The lowest BCUT2D eigenvalue weighted by Crippen LogP contribution is -2.35. The van der Waals surface area contributed by atoms with Gasteiger partial charge in [0, 0.05) is 18.4 Å². The van der Waals surface area contributed by atoms with Gasteiger partial charge in [-0.25, -0.2) is 8.42 Å². The number of esters is 1. The molecular weight excluding hydrogens is 402 g/mol. The maximum Gasteiger partial charge on any atom is 0.329 e. The number of hydrogen-bond acceptors (Lipinski definition) is 8. The normalized spacial score (nSPS) is 16.5. The van der Waals surface area contributed by atoms with Crippen molar-refractivity contribution in [2.45, 2.75) is 11.8 Å². The second-order valence-electron chi connectivity index (χ2n) is 6.26. The third-order valence-electron chi connectivity index (χ3n) is 4.14. The SMILES string of the molecule is CC1=NN(c2ccc(S(C)(=O)=O)cc2)C(=O)C1C(=O)Oc1ccc([N+](=O)[O-])cc1. The van der Waals surface area contributed by atoms with Gasteiger partial charge in [-0.15, -0.1) is 0 Å². The molecule has 0 aliphatic carbocycles. The first-order chi connectivity index (χ1) is 13.6. The Bertz CT molecular complexity index is 1120. The molecule has 150 valence electrons. The number of amides is 1. The molecule has 1 atom stereocenters. The highest BCUT2D eigenvalue weighted by Gasteiger charge is 2.41. The van der Waals surface area contributed by atoms with Crippen LogP contribution in [0.5, 0.6) is 5.75 Å². The number of benzene rings is 2. The van der Waals surface area contributed by atoms with Gasteiger partial charge in [0.2, 0.25) is 0 Å². The predicted molar refractivity (Wildman–Crippen MR) is 102 cm³/mol. The highest BCUT2D eigenvalue weighted by Crippen LogP contribution is 2.27. The largest absolute Gasteiger partial charge is 0.426 e. The van der Waals surface area contributed by atoms with Crippen LogP contribution in [0.2, 0.25) is 0 Å². The van der Waals surface area contributed by atoms with Crippen molar-refractivity contribution in [3.05, 3.63) is 58.6 Å². The number of hydrazone groups is 1. The van der Waals surface area contributed by atoms with Gasteiger partial charge >= 0.3 is 5.97 Å². The van der Waals surface area contributed by atoms with Crippen LogP contribution >= 0.6 is 0 Å². The lowest BCUT2D eigenvalue weighted by atomic mass is 10.1. The van der Waals surface area contributed by atoms with Gasteiger partial charge < -0.3 is 4.74 Å². The van der Waals surface area contributed by atoms with Crippen molar-refractivity contribution in [1.82, 2.24) is 0 Å². The van der Waals surface area contributed by atoms with Gasteiger partial charge in [0.05, 0.1) is 21.2 Å². The van der Waals surface area contributed by atoms with Crippen LogP contribution < -0.4 is 9.75 Å². The van der Waals surface area contributed by atoms with E-state index in [4.69, 9.17) is 4.74 Å². The summed E-state index contributed by atoms with van der Waals surface area (Å²) in [6, 6.07) is 10.4. The molecule has 29 heavy (non-hydrogen) atoms. The number of carbonyl (C=O) groups is 2. The van der Waals surface area contributed by atoms with Gasteiger partial charge in [0.15, 0.2) is 15.8 Å². The van der Waals surface area contributed by atoms with Crippen molar-refractivity contribution in [3.63, 3.8) is 0 Å². The predicted octanol–water partition coefficient (Wildman–Crippen LogP) is 1.94. The highest BCUT2D eigenvalue weighted by molar-refractivity contribution is 7.90. The number of nitro benzene ring substituents is 1. The van der Waals surface area contributed by atoms with Crippen LogP contribution in [0.4, 0.5) is 11.4 Å². The minimum absolute atomic E-state index is 0.0529. The number of carbonyl (C=O) groups excluding carboxylic acids is 2. The number of nitro groups is 1. The highest BCUT2D eigenvalue weighted by atomic mass is 32.2. The van der Waals surface area contributed by atoms with E-state index in [1.807, 2.05) is 0 Å². The van der Waals surface area contributed by atoms with Crippen LogP contribution in [0.25, 0.3) is 0 Å². The number of rotatable bonds is 5. The van der Waals surface area contributed by atoms with E-state index in [0.29, 0.717) is 5.69 Å². The summed E-state index contributed by atoms with van der Waals surface area (Å²) in [5.41, 5.74) is 0.338. The molecular formula is C18H15N3O7S. The Morgan fingerprint density at radius 3 is 2.24 bits per heavy atom. The molecule has 1 aliphatic rings. The van der Waals surface area contributed by atoms with E-state index >= 15 is 0 Å². The summed E-state index contributed by atoms with van der Waals surface area (Å²) < 4.78 is 28.2. The van der Waals surface area contributed by atoms with Crippen LogP contribution in [-0.4, -0.2) is 37.2 Å². The average Bonchev–Trinajstić information content (AvgIpc) is 2.96. The summed E-state index contributed by atoms with van der Waals surface area (Å²) in [4.78, 5) is 35.3. The minimum Gasteiger partial charge on any atom is -0.426 e. The lowest BCUT2D eigenvalue weighted by molar-refractivity contribution is -0.384. The zero-order valence-electron chi connectivity index (χ0n) is 15.3. The number of sulfone groups is 1. The topological polar surface area (TPSA) is 136 Å². The fourth-order valence-corrected chi connectivity index (χ4v) is 3.30. The van der Waals surface area contributed by atoms with E-state index < -0.39 is 32.6 Å². The van der Waals surface area contributed by atoms with Gasteiger partial charge in [0.25, 0.3) is 11.6 Å². The molecule has 0 N–H and O–H groups in total. The van der Waals surface area contributed by atoms with Gasteiger partial charge in [-0.05, 0) is 43.3 Å². The van der Waals surface area contributed by atoms with Crippen molar-refractivity contribution in [3.8, 4) is 5.75 Å². The molecule has 0 spiro atoms. The molecule has 0 saturated carbocycles. The Hall–Kier alpha value is -3.60. The number of nitrogens with zero attached hydrogens (tertiary/aromatic N) is 3. The second-order valence-corrected chi connectivity index (χ2v) is 8.28. The number of ether oxygens (including phenoxy) is 1. The Morgan fingerprint density at radius 1 is 1.14 bits per heavy atom. The molecule has 10 nitrogen and oxygen atoms in total. The molecule has 3 rings (SSSR count). The molecule has 0 fully saturated rings. The van der Waals surface area contributed by atoms with Crippen LogP contribution in [0.1, 0.15) is 6.92 Å². The minimum atomic E-state index is -3.39. The van der Waals surface area contributed by atoms with E-state index in [2.05, 4.69) is 5.10 Å². The summed E-state index contributed by atoms with van der Waals surface area (Å²) in [7, 11) is -3.39. The van der Waals surface area contributed by atoms with Gasteiger partial charge in [-0.1, -0.05) is 0 Å². The molecule has 2 aromatic carbocycles. The molecule has 0 aromatic heterocycles. The fraction of sp³-hybridized carbons (Fsp3) is 0.167. The zero-order chi connectivity index (χ0) is 21.3. The lowest BCUT2D eigenvalue weighted by Gasteiger charge is -2.14. The van der Waals surface area contributed by atoms with Crippen LogP contribution in [0.3, 0.4) is 0 Å². The average molecular weight is 417 g/mol. The van der Waals surface area contributed by atoms with Gasteiger partial charge in [-0.2, -0.15) is 10.1 Å². The maximum absolute atomic E-state index is 12.7. The van der Waals surface area contributed by atoms with E-state index in [0.717, 1.165) is 11.3 Å². The van der Waals surface area contributed by atoms with Crippen molar-refractivity contribution >= 4 is 38.8 Å². The molecule has 1 aliphatic heterocycles. The molecule has 0 bridgehead atoms. The van der Waals surface area contributed by atoms with Crippen molar-refractivity contribution in [1.29, 1.82) is 0 Å². The van der Waals surface area contributed by atoms with E-state index in [-0.39, 0.29) is 22.0 Å². The van der Waals surface area contributed by atoms with E-state index in [1.54, 1.807) is 0 Å². The number of hydrogen-bond donors (Lipinski definition) is 0. The Labute approximate surface area is 165 Å². The molecule has 1 amide bonds. The summed E-state index contributed by atoms with van der Waals surface area (Å²) in [5.74, 6) is -2.75. The first kappa shape index (κ1) is 20.1. The quantitative estimate of drug-likeness (QED) is 0.238. The standard InChI is InChI=1S/C18H15N3O7S/c1-11-16(18(23)28-14-7-3-13(4-8-14)21(24)25)17(22)20(19-11)12-5-9-15(10-6-12)29(2,26)27/h3-10,16H,1-2H3. The van der Waals surface area contributed by atoms with Gasteiger partial charge in [0.1, 0.15) is 5.75 Å². The number of anilines is 1. The van der Waals surface area contributed by atoms with Crippen molar-refractivity contribution in [2.75, 3.05) is 11.3 Å². The summed E-state index contributed by atoms with van der Waals surface area (Å²) in [6.45, 7) is 1.49. The zero-order valence-corrected chi connectivity index (χ0v) is 16.1. The smallest absolute Gasteiger partial charge is 0.329 e. The van der Waals surface area contributed by atoms with Crippen molar-refractivity contribution < 1.29 is 27.7 Å². The second kappa shape index (κ2) is 7.43.